The van der Waals surface area contributed by atoms with Crippen molar-refractivity contribution in [2.45, 2.75) is 46.5 Å². The van der Waals surface area contributed by atoms with Gasteiger partial charge < -0.3 is 0 Å². The Morgan fingerprint density at radius 2 is 2.29 bits per heavy atom. The van der Waals surface area contributed by atoms with Crippen molar-refractivity contribution in [2.24, 2.45) is 11.3 Å². The Morgan fingerprint density at radius 1 is 1.59 bits per heavy atom. The molecule has 0 aromatic heterocycles. The Hall–Kier alpha value is -1.11. The molecule has 94 valence electrons. The van der Waals surface area contributed by atoms with Crippen LogP contribution in [-0.4, -0.2) is 5.78 Å². The largest absolute Gasteiger partial charge is 0.295 e. The van der Waals surface area contributed by atoms with Crippen LogP contribution in [0.1, 0.15) is 46.5 Å². The Labute approximate surface area is 105 Å². The van der Waals surface area contributed by atoms with Crippen LogP contribution < -0.4 is 0 Å². The third kappa shape index (κ3) is 3.99. The van der Waals surface area contributed by atoms with Crippen molar-refractivity contribution in [3.63, 3.8) is 0 Å². The molecule has 2 atom stereocenters. The van der Waals surface area contributed by atoms with Gasteiger partial charge in [0.15, 0.2) is 5.78 Å². The molecule has 0 aliphatic heterocycles. The summed E-state index contributed by atoms with van der Waals surface area (Å²) >= 11 is 0. The molecule has 17 heavy (non-hydrogen) atoms. The lowest BCUT2D eigenvalue weighted by atomic mass is 9.70. The highest BCUT2D eigenvalue weighted by Gasteiger charge is 2.30. The molecule has 1 rings (SSSR count). The summed E-state index contributed by atoms with van der Waals surface area (Å²) in [6.07, 6.45) is 12.0. The van der Waals surface area contributed by atoms with Crippen LogP contribution in [-0.2, 0) is 4.79 Å². The van der Waals surface area contributed by atoms with Gasteiger partial charge in [0.1, 0.15) is 0 Å². The summed E-state index contributed by atoms with van der Waals surface area (Å²) in [5, 5.41) is 0. The number of carbonyl (C=O) groups is 1. The van der Waals surface area contributed by atoms with E-state index in [1.165, 1.54) is 5.57 Å². The van der Waals surface area contributed by atoms with Crippen LogP contribution in [0.4, 0.5) is 0 Å². The van der Waals surface area contributed by atoms with Crippen molar-refractivity contribution in [2.75, 3.05) is 0 Å². The molecule has 1 heteroatoms. The molecule has 0 saturated heterocycles. The molecule has 0 aromatic carbocycles. The maximum atomic E-state index is 11.2. The number of carbonyl (C=O) groups excluding carboxylic acids is 1. The van der Waals surface area contributed by atoms with E-state index in [1.54, 1.807) is 6.08 Å². The summed E-state index contributed by atoms with van der Waals surface area (Å²) in [6, 6.07) is 0. The fourth-order valence-corrected chi connectivity index (χ4v) is 2.36. The van der Waals surface area contributed by atoms with Gasteiger partial charge in [0, 0.05) is 6.42 Å². The molecule has 0 bridgehead atoms. The minimum absolute atomic E-state index is 0.114. The van der Waals surface area contributed by atoms with Gasteiger partial charge in [-0.1, -0.05) is 30.7 Å². The minimum atomic E-state index is 0.114. The summed E-state index contributed by atoms with van der Waals surface area (Å²) in [6.45, 7) is 10.5. The number of allylic oxidation sites excluding steroid dienone is 5. The monoisotopic (exact) mass is 232 g/mol. The van der Waals surface area contributed by atoms with E-state index in [0.29, 0.717) is 12.3 Å². The van der Waals surface area contributed by atoms with Crippen LogP contribution in [0.15, 0.2) is 36.5 Å². The summed E-state index contributed by atoms with van der Waals surface area (Å²) in [7, 11) is 0. The lowest BCUT2D eigenvalue weighted by Gasteiger charge is -2.34. The molecule has 1 aliphatic carbocycles. The second-order valence-corrected chi connectivity index (χ2v) is 5.50. The van der Waals surface area contributed by atoms with Crippen LogP contribution >= 0.6 is 0 Å². The van der Waals surface area contributed by atoms with E-state index in [9.17, 15) is 4.79 Å². The Morgan fingerprint density at radius 3 is 2.76 bits per heavy atom. The first-order valence-corrected chi connectivity index (χ1v) is 6.46. The highest BCUT2D eigenvalue weighted by atomic mass is 16.1. The average Bonchev–Trinajstić information content (AvgIpc) is 2.29. The molecule has 0 aromatic rings. The van der Waals surface area contributed by atoms with E-state index in [4.69, 9.17) is 0 Å². The van der Waals surface area contributed by atoms with Crippen LogP contribution in [0, 0.1) is 11.3 Å². The van der Waals surface area contributed by atoms with Gasteiger partial charge in [0.05, 0.1) is 0 Å². The SMILES string of the molecule is C=CC(C)(CCC=C(C)C)C1C=CC(=O)CC1. The van der Waals surface area contributed by atoms with Gasteiger partial charge in [-0.3, -0.25) is 4.79 Å². The molecule has 2 unspecified atom stereocenters. The predicted octanol–water partition coefficient (Wildman–Crippen LogP) is 4.46. The summed E-state index contributed by atoms with van der Waals surface area (Å²) in [5.74, 6) is 0.722. The highest BCUT2D eigenvalue weighted by molar-refractivity contribution is 5.90. The summed E-state index contributed by atoms with van der Waals surface area (Å²) in [5.41, 5.74) is 1.48. The Balaban J connectivity index is 2.67. The zero-order chi connectivity index (χ0) is 12.9. The van der Waals surface area contributed by atoms with Crippen molar-refractivity contribution in [3.8, 4) is 0 Å². The summed E-state index contributed by atoms with van der Waals surface area (Å²) < 4.78 is 0. The van der Waals surface area contributed by atoms with Gasteiger partial charge in [0.25, 0.3) is 0 Å². The van der Waals surface area contributed by atoms with Crippen LogP contribution in [0.5, 0.6) is 0 Å². The molecule has 0 spiro atoms. The molecule has 0 saturated carbocycles. The van der Waals surface area contributed by atoms with Gasteiger partial charge in [-0.2, -0.15) is 0 Å². The average molecular weight is 232 g/mol. The maximum Gasteiger partial charge on any atom is 0.155 e. The van der Waals surface area contributed by atoms with E-state index >= 15 is 0 Å². The van der Waals surface area contributed by atoms with Gasteiger partial charge in [-0.25, -0.2) is 0 Å². The molecule has 0 amide bonds. The number of ketones is 1. The quantitative estimate of drug-likeness (QED) is 0.640. The molecule has 1 nitrogen and oxygen atoms in total. The molecule has 1 aliphatic rings. The van der Waals surface area contributed by atoms with Crippen molar-refractivity contribution >= 4 is 5.78 Å². The minimum Gasteiger partial charge on any atom is -0.295 e. The zero-order valence-corrected chi connectivity index (χ0v) is 11.3. The molecule has 0 heterocycles. The molecule has 0 N–H and O–H groups in total. The fraction of sp³-hybridized carbons (Fsp3) is 0.562. The highest BCUT2D eigenvalue weighted by Crippen LogP contribution is 2.39. The van der Waals surface area contributed by atoms with Gasteiger partial charge in [-0.15, -0.1) is 6.58 Å². The maximum absolute atomic E-state index is 11.2. The number of rotatable bonds is 5. The first-order valence-electron chi connectivity index (χ1n) is 6.46. The van der Waals surface area contributed by atoms with Gasteiger partial charge in [-0.05, 0) is 50.5 Å². The van der Waals surface area contributed by atoms with Crippen LogP contribution in [0.3, 0.4) is 0 Å². The van der Waals surface area contributed by atoms with Crippen molar-refractivity contribution < 1.29 is 4.79 Å². The van der Waals surface area contributed by atoms with Crippen LogP contribution in [0.25, 0.3) is 0 Å². The third-order valence-electron chi connectivity index (χ3n) is 3.77. The molecular formula is C16H24O. The van der Waals surface area contributed by atoms with Gasteiger partial charge >= 0.3 is 0 Å². The number of hydrogen-bond acceptors (Lipinski definition) is 1. The van der Waals surface area contributed by atoms with Crippen molar-refractivity contribution in [1.29, 1.82) is 0 Å². The zero-order valence-electron chi connectivity index (χ0n) is 11.3. The Kier molecular flexibility index (Phi) is 4.92. The lowest BCUT2D eigenvalue weighted by Crippen LogP contribution is -2.26. The second-order valence-electron chi connectivity index (χ2n) is 5.50. The topological polar surface area (TPSA) is 17.1 Å². The van der Waals surface area contributed by atoms with E-state index in [2.05, 4.69) is 45.6 Å². The van der Waals surface area contributed by atoms with E-state index in [-0.39, 0.29) is 11.2 Å². The van der Waals surface area contributed by atoms with Crippen molar-refractivity contribution in [1.82, 2.24) is 0 Å². The van der Waals surface area contributed by atoms with E-state index in [1.807, 2.05) is 0 Å². The van der Waals surface area contributed by atoms with Crippen LogP contribution in [0.2, 0.25) is 0 Å². The standard InChI is InChI=1S/C16H24O/c1-5-16(4,12-6-7-13(2)3)14-8-10-15(17)11-9-14/h5,7-8,10,14H,1,6,9,11-12H2,2-4H3. The smallest absolute Gasteiger partial charge is 0.155 e. The van der Waals surface area contributed by atoms with Crippen molar-refractivity contribution in [3.05, 3.63) is 36.5 Å². The lowest BCUT2D eigenvalue weighted by molar-refractivity contribution is -0.115. The first kappa shape index (κ1) is 14.0. The Bertz CT molecular complexity index is 345. The van der Waals surface area contributed by atoms with E-state index in [0.717, 1.165) is 19.3 Å². The fourth-order valence-electron chi connectivity index (χ4n) is 2.36. The molecule has 0 radical (unpaired) electrons. The van der Waals surface area contributed by atoms with E-state index < -0.39 is 0 Å². The molecular weight excluding hydrogens is 208 g/mol. The molecule has 0 fully saturated rings. The number of hydrogen-bond donors (Lipinski definition) is 0. The predicted molar refractivity (Wildman–Crippen MR) is 73.8 cm³/mol. The first-order chi connectivity index (χ1) is 7.98. The normalized spacial score (nSPS) is 23.0. The van der Waals surface area contributed by atoms with Gasteiger partial charge in [0.2, 0.25) is 0 Å². The summed E-state index contributed by atoms with van der Waals surface area (Å²) in [4.78, 5) is 11.2. The third-order valence-corrected chi connectivity index (χ3v) is 3.77. The second kappa shape index (κ2) is 6.00.